The fraction of sp³-hybridized carbons (Fsp3) is 0.455. The van der Waals surface area contributed by atoms with Crippen molar-refractivity contribution in [2.75, 3.05) is 6.54 Å². The van der Waals surface area contributed by atoms with Crippen LogP contribution in [0.2, 0.25) is 4.34 Å². The molecule has 1 atom stereocenters. The lowest BCUT2D eigenvalue weighted by Gasteiger charge is -2.21. The molecule has 2 N–H and O–H groups in total. The first-order valence-corrected chi connectivity index (χ1v) is 6.63. The Kier molecular flexibility index (Phi) is 4.02. The van der Waals surface area contributed by atoms with E-state index in [-0.39, 0.29) is 17.7 Å². The maximum absolute atomic E-state index is 11.8. The van der Waals surface area contributed by atoms with Gasteiger partial charge in [-0.1, -0.05) is 11.6 Å². The van der Waals surface area contributed by atoms with E-state index >= 15 is 0 Å². The van der Waals surface area contributed by atoms with Gasteiger partial charge in [0.15, 0.2) is 0 Å². The number of amides is 2. The van der Waals surface area contributed by atoms with Gasteiger partial charge in [0.05, 0.1) is 16.8 Å². The lowest BCUT2D eigenvalue weighted by Crippen LogP contribution is -2.42. The molecule has 1 saturated heterocycles. The lowest BCUT2D eigenvalue weighted by molar-refractivity contribution is -0.129. The first kappa shape index (κ1) is 12.4. The molecule has 2 heterocycles. The highest BCUT2D eigenvalue weighted by Crippen LogP contribution is 2.21. The zero-order valence-corrected chi connectivity index (χ0v) is 10.7. The molecular weight excluding hydrogens is 260 g/mol. The van der Waals surface area contributed by atoms with E-state index in [1.165, 1.54) is 11.3 Å². The van der Waals surface area contributed by atoms with Gasteiger partial charge in [0, 0.05) is 17.8 Å². The molecule has 0 bridgehead atoms. The largest absolute Gasteiger partial charge is 0.355 e. The molecule has 1 aliphatic rings. The molecule has 1 aromatic heterocycles. The molecule has 2 amide bonds. The standard InChI is InChI=1S/C11H13ClN2O2S/c12-9-3-2-8(17-9)6-14-11(16)7-1-4-10(15)13-5-7/h2-3,7H,1,4-6H2,(H,13,15)(H,14,16). The van der Waals surface area contributed by atoms with Crippen LogP contribution in [0, 0.1) is 5.92 Å². The Labute approximate surface area is 108 Å². The summed E-state index contributed by atoms with van der Waals surface area (Å²) in [5.41, 5.74) is 0. The van der Waals surface area contributed by atoms with E-state index in [2.05, 4.69) is 10.6 Å². The maximum Gasteiger partial charge on any atom is 0.225 e. The average molecular weight is 273 g/mol. The summed E-state index contributed by atoms with van der Waals surface area (Å²) in [5.74, 6) is -0.0863. The molecule has 1 aromatic rings. The van der Waals surface area contributed by atoms with Gasteiger partial charge in [0.25, 0.3) is 0 Å². The highest BCUT2D eigenvalue weighted by Gasteiger charge is 2.24. The number of rotatable bonds is 3. The van der Waals surface area contributed by atoms with Crippen molar-refractivity contribution in [2.45, 2.75) is 19.4 Å². The number of carbonyl (C=O) groups excluding carboxylic acids is 2. The van der Waals surface area contributed by atoms with Gasteiger partial charge in [-0.15, -0.1) is 11.3 Å². The van der Waals surface area contributed by atoms with Crippen LogP contribution in [0.15, 0.2) is 12.1 Å². The summed E-state index contributed by atoms with van der Waals surface area (Å²) in [4.78, 5) is 23.8. The van der Waals surface area contributed by atoms with E-state index in [0.29, 0.717) is 25.9 Å². The molecular formula is C11H13ClN2O2S. The van der Waals surface area contributed by atoms with Gasteiger partial charge in [-0.2, -0.15) is 0 Å². The molecule has 17 heavy (non-hydrogen) atoms. The van der Waals surface area contributed by atoms with E-state index in [1.807, 2.05) is 12.1 Å². The van der Waals surface area contributed by atoms with Crippen LogP contribution in [0.25, 0.3) is 0 Å². The fourth-order valence-electron chi connectivity index (χ4n) is 1.72. The Morgan fingerprint density at radius 3 is 3.00 bits per heavy atom. The number of halogens is 1. The summed E-state index contributed by atoms with van der Waals surface area (Å²) in [5, 5.41) is 5.56. The third-order valence-corrected chi connectivity index (χ3v) is 3.93. The second kappa shape index (κ2) is 5.51. The molecule has 92 valence electrons. The van der Waals surface area contributed by atoms with Crippen LogP contribution >= 0.6 is 22.9 Å². The van der Waals surface area contributed by atoms with Crippen molar-refractivity contribution in [3.05, 3.63) is 21.3 Å². The summed E-state index contributed by atoms with van der Waals surface area (Å²) >= 11 is 7.26. The average Bonchev–Trinajstić information content (AvgIpc) is 2.73. The van der Waals surface area contributed by atoms with Crippen molar-refractivity contribution in [2.24, 2.45) is 5.92 Å². The number of piperidine rings is 1. The Bertz CT molecular complexity index is 423. The van der Waals surface area contributed by atoms with Crippen LogP contribution in [0.4, 0.5) is 0 Å². The quantitative estimate of drug-likeness (QED) is 0.877. The second-order valence-corrected chi connectivity index (χ2v) is 5.76. The highest BCUT2D eigenvalue weighted by atomic mass is 35.5. The van der Waals surface area contributed by atoms with Crippen LogP contribution in [-0.2, 0) is 16.1 Å². The Balaban J connectivity index is 1.79. The molecule has 6 heteroatoms. The van der Waals surface area contributed by atoms with Crippen molar-refractivity contribution in [1.82, 2.24) is 10.6 Å². The number of hydrogen-bond donors (Lipinski definition) is 2. The lowest BCUT2D eigenvalue weighted by atomic mass is 9.98. The van der Waals surface area contributed by atoms with E-state index < -0.39 is 0 Å². The number of hydrogen-bond acceptors (Lipinski definition) is 3. The summed E-state index contributed by atoms with van der Waals surface area (Å²) in [6.45, 7) is 0.941. The van der Waals surface area contributed by atoms with E-state index in [4.69, 9.17) is 11.6 Å². The monoisotopic (exact) mass is 272 g/mol. The van der Waals surface area contributed by atoms with Gasteiger partial charge in [-0.25, -0.2) is 0 Å². The predicted molar refractivity (Wildman–Crippen MR) is 66.9 cm³/mol. The fourth-order valence-corrected chi connectivity index (χ4v) is 2.75. The van der Waals surface area contributed by atoms with Crippen molar-refractivity contribution in [3.63, 3.8) is 0 Å². The first-order chi connectivity index (χ1) is 8.15. The first-order valence-electron chi connectivity index (χ1n) is 5.44. The van der Waals surface area contributed by atoms with Crippen molar-refractivity contribution >= 4 is 34.8 Å². The minimum atomic E-state index is -0.108. The second-order valence-electron chi connectivity index (χ2n) is 3.96. The summed E-state index contributed by atoms with van der Waals surface area (Å²) < 4.78 is 0.721. The molecule has 0 aromatic carbocycles. The number of thiophene rings is 1. The SMILES string of the molecule is O=C1CCC(C(=O)NCc2ccc(Cl)s2)CN1. The molecule has 0 spiro atoms. The molecule has 1 unspecified atom stereocenters. The van der Waals surface area contributed by atoms with Crippen LogP contribution < -0.4 is 10.6 Å². The minimum absolute atomic E-state index is 0.00507. The van der Waals surface area contributed by atoms with Gasteiger partial charge in [0.2, 0.25) is 11.8 Å². The molecule has 1 aliphatic heterocycles. The van der Waals surface area contributed by atoms with Gasteiger partial charge in [0.1, 0.15) is 0 Å². The van der Waals surface area contributed by atoms with Gasteiger partial charge in [-0.3, -0.25) is 9.59 Å². The third kappa shape index (κ3) is 3.44. The molecule has 1 fully saturated rings. The van der Waals surface area contributed by atoms with Gasteiger partial charge in [-0.05, 0) is 18.6 Å². The number of carbonyl (C=O) groups is 2. The molecule has 2 rings (SSSR count). The Morgan fingerprint density at radius 2 is 2.41 bits per heavy atom. The van der Waals surface area contributed by atoms with E-state index in [9.17, 15) is 9.59 Å². The van der Waals surface area contributed by atoms with Crippen LogP contribution in [0.5, 0.6) is 0 Å². The van der Waals surface area contributed by atoms with Gasteiger partial charge < -0.3 is 10.6 Å². The maximum atomic E-state index is 11.8. The van der Waals surface area contributed by atoms with Crippen LogP contribution in [-0.4, -0.2) is 18.4 Å². The van der Waals surface area contributed by atoms with Gasteiger partial charge >= 0.3 is 0 Å². The summed E-state index contributed by atoms with van der Waals surface area (Å²) in [6, 6.07) is 3.71. The van der Waals surface area contributed by atoms with Crippen molar-refractivity contribution in [1.29, 1.82) is 0 Å². The van der Waals surface area contributed by atoms with E-state index in [1.54, 1.807) is 0 Å². The zero-order chi connectivity index (χ0) is 12.3. The summed E-state index contributed by atoms with van der Waals surface area (Å²) in [7, 11) is 0. The summed E-state index contributed by atoms with van der Waals surface area (Å²) in [6.07, 6.45) is 1.06. The molecule has 0 radical (unpaired) electrons. The molecule has 0 aliphatic carbocycles. The van der Waals surface area contributed by atoms with Crippen molar-refractivity contribution in [3.8, 4) is 0 Å². The minimum Gasteiger partial charge on any atom is -0.355 e. The molecule has 0 saturated carbocycles. The highest BCUT2D eigenvalue weighted by molar-refractivity contribution is 7.16. The van der Waals surface area contributed by atoms with Crippen LogP contribution in [0.1, 0.15) is 17.7 Å². The number of nitrogens with one attached hydrogen (secondary N) is 2. The normalized spacial score (nSPS) is 19.8. The topological polar surface area (TPSA) is 58.2 Å². The zero-order valence-electron chi connectivity index (χ0n) is 9.16. The van der Waals surface area contributed by atoms with Crippen molar-refractivity contribution < 1.29 is 9.59 Å². The van der Waals surface area contributed by atoms with E-state index in [0.717, 1.165) is 9.21 Å². The van der Waals surface area contributed by atoms with Crippen LogP contribution in [0.3, 0.4) is 0 Å². The smallest absolute Gasteiger partial charge is 0.225 e. The Hall–Kier alpha value is -1.07. The third-order valence-electron chi connectivity index (χ3n) is 2.70. The molecule has 4 nitrogen and oxygen atoms in total. The Morgan fingerprint density at radius 1 is 1.59 bits per heavy atom. The predicted octanol–water partition coefficient (Wildman–Crippen LogP) is 1.54.